The molecule has 0 saturated heterocycles. The number of ether oxygens (including phenoxy) is 2. The highest BCUT2D eigenvalue weighted by atomic mass is 28.4. The molecule has 1 fully saturated rings. The van der Waals surface area contributed by atoms with E-state index in [9.17, 15) is 0 Å². The Hall–Kier alpha value is -0.233. The van der Waals surface area contributed by atoms with E-state index in [1.807, 2.05) is 41.5 Å². The zero-order chi connectivity index (χ0) is 20.7. The summed E-state index contributed by atoms with van der Waals surface area (Å²) >= 11 is 0. The van der Waals surface area contributed by atoms with Crippen LogP contribution in [0.25, 0.3) is 0 Å². The summed E-state index contributed by atoms with van der Waals surface area (Å²) < 4.78 is 34.0. The Morgan fingerprint density at radius 1 is 0.962 bits per heavy atom. The van der Waals surface area contributed by atoms with Gasteiger partial charge < -0.3 is 13.9 Å². The van der Waals surface area contributed by atoms with E-state index in [1.165, 1.54) is 0 Å². The van der Waals surface area contributed by atoms with Crippen LogP contribution in [-0.4, -0.2) is 44.5 Å². The fraction of sp³-hybridized carbons (Fsp3) is 0.905. The van der Waals surface area contributed by atoms with Crippen molar-refractivity contribution in [1.82, 2.24) is 0 Å². The second kappa shape index (κ2) is 7.65. The van der Waals surface area contributed by atoms with Crippen LogP contribution < -0.4 is 0 Å². The molecule has 1 saturated carbocycles. The molecule has 26 heavy (non-hydrogen) atoms. The lowest BCUT2D eigenvalue weighted by atomic mass is 10.0. The Balaban J connectivity index is 3.09. The van der Waals surface area contributed by atoms with Gasteiger partial charge in [-0.05, 0) is 65.2 Å². The molecule has 5 heteroatoms. The predicted octanol–water partition coefficient (Wildman–Crippen LogP) is 5.90. The number of alkyl halides is 1. The van der Waals surface area contributed by atoms with Crippen molar-refractivity contribution < 1.29 is 18.3 Å². The molecule has 1 aliphatic rings. The summed E-state index contributed by atoms with van der Waals surface area (Å²) in [4.78, 5) is 0. The van der Waals surface area contributed by atoms with E-state index in [0.29, 0.717) is 6.61 Å². The molecule has 0 spiro atoms. The fourth-order valence-corrected chi connectivity index (χ4v) is 4.02. The van der Waals surface area contributed by atoms with Crippen molar-refractivity contribution in [3.8, 4) is 0 Å². The van der Waals surface area contributed by atoms with Crippen LogP contribution in [0.2, 0.25) is 18.1 Å². The van der Waals surface area contributed by atoms with Crippen LogP contribution in [0, 0.1) is 5.92 Å². The monoisotopic (exact) mass is 388 g/mol. The average Bonchev–Trinajstić information content (AvgIpc) is 2.57. The van der Waals surface area contributed by atoms with Gasteiger partial charge in [-0.3, -0.25) is 0 Å². The third kappa shape index (κ3) is 6.15. The average molecular weight is 389 g/mol. The Kier molecular flexibility index (Phi) is 7.00. The molecule has 154 valence electrons. The van der Waals surface area contributed by atoms with Crippen molar-refractivity contribution in [3.05, 3.63) is 12.2 Å². The molecule has 0 aromatic rings. The van der Waals surface area contributed by atoms with Crippen molar-refractivity contribution in [1.29, 1.82) is 0 Å². The van der Waals surface area contributed by atoms with Crippen molar-refractivity contribution in [2.75, 3.05) is 6.61 Å². The summed E-state index contributed by atoms with van der Waals surface area (Å²) in [6.07, 6.45) is -2.46. The molecule has 0 aromatic heterocycles. The summed E-state index contributed by atoms with van der Waals surface area (Å²) in [6, 6.07) is 0. The highest BCUT2D eigenvalue weighted by Gasteiger charge is 2.52. The van der Waals surface area contributed by atoms with Crippen LogP contribution in [0.3, 0.4) is 0 Å². The minimum absolute atomic E-state index is 0.00732. The second-order valence-electron chi connectivity index (χ2n) is 11.0. The summed E-state index contributed by atoms with van der Waals surface area (Å²) in [5.74, 6) is -0.210. The summed E-state index contributed by atoms with van der Waals surface area (Å²) in [6.45, 7) is 27.2. The van der Waals surface area contributed by atoms with E-state index < -0.39 is 32.3 Å². The second-order valence-corrected chi connectivity index (χ2v) is 15.8. The molecule has 3 nitrogen and oxygen atoms in total. The first kappa shape index (κ1) is 23.8. The standard InChI is InChI=1S/C21H41FO3Si/c1-14-15(13-23-19(2,3)4)18(24-20(5,6)7)16(22)17(14)25-26(11,12)21(8,9)10/h15-18H,1,13H2,2-12H3/t15-,16+,17-,18+/m0/s1. The van der Waals surface area contributed by atoms with Gasteiger partial charge in [0.05, 0.1) is 17.8 Å². The molecule has 0 aromatic carbocycles. The lowest BCUT2D eigenvalue weighted by Crippen LogP contribution is -2.46. The van der Waals surface area contributed by atoms with Crippen molar-refractivity contribution in [2.45, 2.75) is 110 Å². The summed E-state index contributed by atoms with van der Waals surface area (Å²) in [5, 5.41) is 0.00732. The Morgan fingerprint density at radius 3 is 1.85 bits per heavy atom. The molecule has 0 amide bonds. The van der Waals surface area contributed by atoms with Crippen LogP contribution in [0.5, 0.6) is 0 Å². The molecule has 0 N–H and O–H groups in total. The van der Waals surface area contributed by atoms with E-state index in [4.69, 9.17) is 13.9 Å². The molecular formula is C21H41FO3Si. The zero-order valence-electron chi connectivity index (χ0n) is 18.8. The number of rotatable bonds is 5. The first-order chi connectivity index (χ1) is 11.4. The van der Waals surface area contributed by atoms with Gasteiger partial charge in [0.15, 0.2) is 14.5 Å². The molecule has 0 unspecified atom stereocenters. The van der Waals surface area contributed by atoms with E-state index in [-0.39, 0.29) is 16.6 Å². The summed E-state index contributed by atoms with van der Waals surface area (Å²) in [5.41, 5.74) is 0.0264. The maximum Gasteiger partial charge on any atom is 0.193 e. The molecule has 0 radical (unpaired) electrons. The topological polar surface area (TPSA) is 27.7 Å². The van der Waals surface area contributed by atoms with Crippen LogP contribution in [0.15, 0.2) is 12.2 Å². The van der Waals surface area contributed by atoms with E-state index >= 15 is 4.39 Å². The fourth-order valence-electron chi connectivity index (χ4n) is 2.75. The summed E-state index contributed by atoms with van der Waals surface area (Å²) in [7, 11) is -2.13. The lowest BCUT2D eigenvalue weighted by molar-refractivity contribution is -0.122. The molecule has 0 heterocycles. The van der Waals surface area contributed by atoms with E-state index in [2.05, 4.69) is 40.4 Å². The molecule has 4 atom stereocenters. The highest BCUT2D eigenvalue weighted by Crippen LogP contribution is 2.44. The van der Waals surface area contributed by atoms with Crippen molar-refractivity contribution >= 4 is 8.32 Å². The van der Waals surface area contributed by atoms with E-state index in [0.717, 1.165) is 5.57 Å². The van der Waals surface area contributed by atoms with Crippen LogP contribution in [0.4, 0.5) is 4.39 Å². The maximum atomic E-state index is 15.5. The maximum absolute atomic E-state index is 15.5. The van der Waals surface area contributed by atoms with Gasteiger partial charge in [-0.15, -0.1) is 0 Å². The number of hydrogen-bond acceptors (Lipinski definition) is 3. The van der Waals surface area contributed by atoms with Crippen LogP contribution >= 0.6 is 0 Å². The van der Waals surface area contributed by atoms with Gasteiger partial charge in [0.25, 0.3) is 0 Å². The number of halogens is 1. The molecule has 1 aliphatic carbocycles. The SMILES string of the molecule is C=C1[C@H](COC(C)(C)C)[C@@H](OC(C)(C)C)[C@H](F)[C@H]1O[Si](C)(C)C(C)(C)C. The molecular weight excluding hydrogens is 347 g/mol. The first-order valence-electron chi connectivity index (χ1n) is 9.68. The van der Waals surface area contributed by atoms with Crippen molar-refractivity contribution in [2.24, 2.45) is 5.92 Å². The third-order valence-corrected chi connectivity index (χ3v) is 9.71. The molecule has 0 aliphatic heterocycles. The van der Waals surface area contributed by atoms with Gasteiger partial charge in [0, 0.05) is 5.92 Å². The predicted molar refractivity (Wildman–Crippen MR) is 110 cm³/mol. The van der Waals surface area contributed by atoms with Gasteiger partial charge in [-0.25, -0.2) is 4.39 Å². The quantitative estimate of drug-likeness (QED) is 0.433. The van der Waals surface area contributed by atoms with Crippen LogP contribution in [0.1, 0.15) is 62.3 Å². The molecule has 0 bridgehead atoms. The Morgan fingerprint density at radius 2 is 1.46 bits per heavy atom. The lowest BCUT2D eigenvalue weighted by Gasteiger charge is -2.39. The highest BCUT2D eigenvalue weighted by molar-refractivity contribution is 6.74. The van der Waals surface area contributed by atoms with Gasteiger partial charge in [0.2, 0.25) is 0 Å². The Bertz CT molecular complexity index is 497. The third-order valence-electron chi connectivity index (χ3n) is 5.25. The van der Waals surface area contributed by atoms with Gasteiger partial charge >= 0.3 is 0 Å². The van der Waals surface area contributed by atoms with Crippen LogP contribution in [-0.2, 0) is 13.9 Å². The van der Waals surface area contributed by atoms with Gasteiger partial charge in [0.1, 0.15) is 12.2 Å². The minimum atomic E-state index is -2.13. The smallest absolute Gasteiger partial charge is 0.193 e. The van der Waals surface area contributed by atoms with Gasteiger partial charge in [-0.2, -0.15) is 0 Å². The Labute approximate surface area is 161 Å². The van der Waals surface area contributed by atoms with E-state index in [1.54, 1.807) is 0 Å². The largest absolute Gasteiger partial charge is 0.407 e. The number of hydrogen-bond donors (Lipinski definition) is 0. The molecule has 1 rings (SSSR count). The first-order valence-corrected chi connectivity index (χ1v) is 12.6. The van der Waals surface area contributed by atoms with Crippen molar-refractivity contribution in [3.63, 3.8) is 0 Å². The van der Waals surface area contributed by atoms with Gasteiger partial charge in [-0.1, -0.05) is 27.4 Å². The minimum Gasteiger partial charge on any atom is -0.407 e. The normalized spacial score (nSPS) is 28.7. The zero-order valence-corrected chi connectivity index (χ0v) is 19.8.